The van der Waals surface area contributed by atoms with Crippen LogP contribution in [0.15, 0.2) is 36.4 Å². The van der Waals surface area contributed by atoms with E-state index >= 15 is 4.39 Å². The first-order valence-corrected chi connectivity index (χ1v) is 15.5. The zero-order valence-corrected chi connectivity index (χ0v) is 24.5. The maximum atomic E-state index is 15.3. The number of carbonyl (C=O) groups is 3. The molecule has 11 heteroatoms. The van der Waals surface area contributed by atoms with E-state index in [0.717, 1.165) is 12.5 Å². The third-order valence-corrected chi connectivity index (χ3v) is 10.2. The van der Waals surface area contributed by atoms with Crippen LogP contribution in [0.2, 0.25) is 5.02 Å². The van der Waals surface area contributed by atoms with Crippen molar-refractivity contribution in [3.63, 3.8) is 0 Å². The first-order chi connectivity index (χ1) is 20.2. The lowest BCUT2D eigenvalue weighted by atomic mass is 9.64. The number of hydrogen-bond acceptors (Lipinski definition) is 6. The summed E-state index contributed by atoms with van der Waals surface area (Å²) in [5, 5.41) is 24.6. The molecule has 2 fully saturated rings. The summed E-state index contributed by atoms with van der Waals surface area (Å²) in [6, 6.07) is 11.1. The molecular weight excluding hydrogens is 579 g/mol. The minimum Gasteiger partial charge on any atom is -0.478 e. The normalized spacial score (nSPS) is 19.3. The first kappa shape index (κ1) is 28.4. The highest BCUT2D eigenvalue weighted by Crippen LogP contribution is 2.46. The predicted molar refractivity (Wildman–Crippen MR) is 156 cm³/mol. The zero-order valence-electron chi connectivity index (χ0n) is 22.9. The van der Waals surface area contributed by atoms with Crippen LogP contribution in [0.5, 0.6) is 0 Å². The van der Waals surface area contributed by atoms with Crippen LogP contribution in [0.25, 0.3) is 11.3 Å². The molecule has 8 nitrogen and oxygen atoms in total. The van der Waals surface area contributed by atoms with Gasteiger partial charge in [-0.15, -0.1) is 0 Å². The highest BCUT2D eigenvalue weighted by atomic mass is 35.5. The lowest BCUT2D eigenvalue weighted by Crippen LogP contribution is -2.54. The fourth-order valence-corrected chi connectivity index (χ4v) is 7.20. The van der Waals surface area contributed by atoms with Crippen LogP contribution in [0.4, 0.5) is 4.39 Å². The number of likely N-dealkylation sites (tertiary alicyclic amines) is 1. The molecule has 6 rings (SSSR count). The van der Waals surface area contributed by atoms with E-state index in [-0.39, 0.29) is 45.7 Å². The van der Waals surface area contributed by atoms with Gasteiger partial charge in [-0.25, -0.2) is 9.18 Å². The number of hydrogen-bond donors (Lipinski definition) is 1. The number of carbonyl (C=O) groups excluding carboxylic acids is 2. The van der Waals surface area contributed by atoms with Gasteiger partial charge in [0, 0.05) is 41.8 Å². The molecule has 2 heterocycles. The van der Waals surface area contributed by atoms with E-state index in [1.54, 1.807) is 30.0 Å². The van der Waals surface area contributed by atoms with Gasteiger partial charge in [0.05, 0.1) is 39.0 Å². The van der Waals surface area contributed by atoms with Crippen molar-refractivity contribution in [2.24, 2.45) is 5.92 Å². The third-order valence-electron chi connectivity index (χ3n) is 8.94. The van der Waals surface area contributed by atoms with Crippen LogP contribution in [-0.2, 0) is 23.1 Å². The SMILES string of the molecule is CSC1CN(C(=O)C2CCc3c(-c4ccc(C(=O)O)cc4F)nn(C(=O)c4c(Cl)cccc4C4(C#N)CCC4)c3C2)C1. The van der Waals surface area contributed by atoms with Crippen LogP contribution in [0.1, 0.15) is 63.2 Å². The van der Waals surface area contributed by atoms with Crippen molar-refractivity contribution in [2.45, 2.75) is 49.2 Å². The molecule has 0 radical (unpaired) electrons. The number of benzene rings is 2. The molecule has 3 aromatic rings. The Morgan fingerprint density at radius 2 is 1.98 bits per heavy atom. The maximum absolute atomic E-state index is 15.3. The second-order valence-electron chi connectivity index (χ2n) is 11.2. The van der Waals surface area contributed by atoms with E-state index in [9.17, 15) is 24.8 Å². The quantitative estimate of drug-likeness (QED) is 0.402. The van der Waals surface area contributed by atoms with Gasteiger partial charge >= 0.3 is 5.97 Å². The molecule has 1 N–H and O–H groups in total. The number of aromatic nitrogens is 2. The number of amides is 1. The topological polar surface area (TPSA) is 116 Å². The second-order valence-corrected chi connectivity index (χ2v) is 12.8. The molecule has 0 spiro atoms. The highest BCUT2D eigenvalue weighted by Gasteiger charge is 2.43. The summed E-state index contributed by atoms with van der Waals surface area (Å²) in [5.74, 6) is -2.90. The second kappa shape index (κ2) is 10.9. The van der Waals surface area contributed by atoms with Crippen molar-refractivity contribution in [2.75, 3.05) is 19.3 Å². The molecule has 1 saturated carbocycles. The Balaban J connectivity index is 1.46. The Hall–Kier alpha value is -3.68. The van der Waals surface area contributed by atoms with Gasteiger partial charge in [-0.3, -0.25) is 9.59 Å². The van der Waals surface area contributed by atoms with Gasteiger partial charge in [0.25, 0.3) is 5.91 Å². The number of halogens is 2. The van der Waals surface area contributed by atoms with Crippen molar-refractivity contribution in [1.29, 1.82) is 5.26 Å². The fraction of sp³-hybridized carbons (Fsp3) is 0.387. The number of rotatable bonds is 6. The summed E-state index contributed by atoms with van der Waals surface area (Å²) in [4.78, 5) is 41.0. The number of thioether (sulfide) groups is 1. The summed E-state index contributed by atoms with van der Waals surface area (Å²) >= 11 is 8.35. The molecule has 1 amide bonds. The standard InChI is InChI=1S/C31H28ClFN4O4S/c1-42-19-14-36(15-19)28(38)17-6-9-21-25(13-17)37(35-27(21)20-8-7-18(30(40)41)12-24(20)33)29(39)26-22(4-2-5-23(26)32)31(16-34)10-3-11-31/h2,4-5,7-8,12,17,19H,3,6,9-11,13-15H2,1H3,(H,40,41). The number of aromatic carboxylic acids is 1. The average Bonchev–Trinajstić information content (AvgIpc) is 3.30. The Bertz CT molecular complexity index is 1670. The highest BCUT2D eigenvalue weighted by molar-refractivity contribution is 7.99. The predicted octanol–water partition coefficient (Wildman–Crippen LogP) is 5.35. The van der Waals surface area contributed by atoms with Gasteiger partial charge in [0.1, 0.15) is 5.82 Å². The van der Waals surface area contributed by atoms with Crippen molar-refractivity contribution >= 4 is 41.1 Å². The molecule has 42 heavy (non-hydrogen) atoms. The number of carboxylic acids is 1. The van der Waals surface area contributed by atoms with Gasteiger partial charge in [0.2, 0.25) is 5.91 Å². The van der Waals surface area contributed by atoms with E-state index in [1.165, 1.54) is 16.8 Å². The molecule has 1 unspecified atom stereocenters. The van der Waals surface area contributed by atoms with E-state index in [2.05, 4.69) is 11.2 Å². The van der Waals surface area contributed by atoms with Crippen molar-refractivity contribution in [1.82, 2.24) is 14.7 Å². The molecule has 3 aliphatic rings. The fourth-order valence-electron chi connectivity index (χ4n) is 6.29. The Kier molecular flexibility index (Phi) is 7.36. The van der Waals surface area contributed by atoms with Gasteiger partial charge in [-0.05, 0) is 68.2 Å². The van der Waals surface area contributed by atoms with Gasteiger partial charge in [-0.1, -0.05) is 23.7 Å². The molecule has 216 valence electrons. The van der Waals surface area contributed by atoms with E-state index in [1.807, 2.05) is 11.2 Å². The summed E-state index contributed by atoms with van der Waals surface area (Å²) in [6.45, 7) is 1.38. The number of nitrogens with zero attached hydrogens (tertiary/aromatic N) is 4. The Labute approximate surface area is 251 Å². The first-order valence-electron chi connectivity index (χ1n) is 13.9. The smallest absolute Gasteiger partial charge is 0.335 e. The molecule has 1 aliphatic heterocycles. The van der Waals surface area contributed by atoms with Crippen molar-refractivity contribution < 1.29 is 23.9 Å². The third kappa shape index (κ3) is 4.59. The summed E-state index contributed by atoms with van der Waals surface area (Å²) < 4.78 is 16.5. The lowest BCUT2D eigenvalue weighted by molar-refractivity contribution is -0.139. The van der Waals surface area contributed by atoms with Crippen LogP contribution >= 0.6 is 23.4 Å². The van der Waals surface area contributed by atoms with Gasteiger partial charge in [-0.2, -0.15) is 26.8 Å². The molecule has 0 bridgehead atoms. The van der Waals surface area contributed by atoms with E-state index in [0.29, 0.717) is 60.8 Å². The molecule has 2 aromatic carbocycles. The van der Waals surface area contributed by atoms with Crippen LogP contribution in [0, 0.1) is 23.1 Å². The van der Waals surface area contributed by atoms with Crippen LogP contribution in [0.3, 0.4) is 0 Å². The van der Waals surface area contributed by atoms with E-state index < -0.39 is 23.1 Å². The van der Waals surface area contributed by atoms with Crippen LogP contribution in [-0.4, -0.2) is 62.2 Å². The van der Waals surface area contributed by atoms with Crippen LogP contribution < -0.4 is 0 Å². The monoisotopic (exact) mass is 606 g/mol. The van der Waals surface area contributed by atoms with Gasteiger partial charge in [0.15, 0.2) is 0 Å². The largest absolute Gasteiger partial charge is 0.478 e. The molecular formula is C31H28ClFN4O4S. The summed E-state index contributed by atoms with van der Waals surface area (Å²) in [5.41, 5.74) is 1.16. The summed E-state index contributed by atoms with van der Waals surface area (Å²) in [6.07, 6.45) is 5.25. The van der Waals surface area contributed by atoms with Crippen molar-refractivity contribution in [3.8, 4) is 17.3 Å². The average molecular weight is 607 g/mol. The Morgan fingerprint density at radius 1 is 1.21 bits per heavy atom. The molecule has 2 aliphatic carbocycles. The minimum absolute atomic E-state index is 0.0287. The number of carboxylic acid groups (broad SMARTS) is 1. The number of nitriles is 1. The summed E-state index contributed by atoms with van der Waals surface area (Å²) in [7, 11) is 0. The molecule has 1 aromatic heterocycles. The van der Waals surface area contributed by atoms with Gasteiger partial charge < -0.3 is 10.0 Å². The van der Waals surface area contributed by atoms with Crippen molar-refractivity contribution in [3.05, 3.63) is 75.2 Å². The van der Waals surface area contributed by atoms with E-state index in [4.69, 9.17) is 11.6 Å². The minimum atomic E-state index is -1.26. The molecule has 1 atom stereocenters. The zero-order chi connectivity index (χ0) is 29.8. The number of fused-ring (bicyclic) bond motifs is 1. The maximum Gasteiger partial charge on any atom is 0.335 e. The molecule has 1 saturated heterocycles. The lowest BCUT2D eigenvalue weighted by Gasteiger charge is -2.40. The Morgan fingerprint density at radius 3 is 2.60 bits per heavy atom.